The molecule has 3 rings (SSSR count). The average molecular weight is 344 g/mol. The van der Waals surface area contributed by atoms with Crippen molar-refractivity contribution in [3.05, 3.63) is 64.3 Å². The molecule has 1 aromatic carbocycles. The lowest BCUT2D eigenvalue weighted by Gasteiger charge is -2.08. The van der Waals surface area contributed by atoms with Crippen molar-refractivity contribution < 1.29 is 0 Å². The third kappa shape index (κ3) is 3.52. The van der Waals surface area contributed by atoms with Gasteiger partial charge in [-0.15, -0.1) is 0 Å². The number of imidazole rings is 1. The van der Waals surface area contributed by atoms with Gasteiger partial charge in [0.25, 0.3) is 0 Å². The first-order chi connectivity index (χ1) is 11.2. The monoisotopic (exact) mass is 343 g/mol. The molecule has 23 heavy (non-hydrogen) atoms. The Kier molecular flexibility index (Phi) is 4.60. The molecule has 0 unspecified atom stereocenters. The minimum Gasteiger partial charge on any atom is -0.370 e. The number of aromatic nitrogens is 3. The minimum atomic E-state index is 0.254. The Morgan fingerprint density at radius 3 is 2.96 bits per heavy atom. The number of aryl methyl sites for hydroxylation is 1. The van der Waals surface area contributed by atoms with Crippen LogP contribution < -0.4 is 5.32 Å². The van der Waals surface area contributed by atoms with Crippen LogP contribution in [0.3, 0.4) is 0 Å². The molecule has 116 valence electrons. The summed E-state index contributed by atoms with van der Waals surface area (Å²) in [5, 5.41) is 13.3. The van der Waals surface area contributed by atoms with Crippen molar-refractivity contribution in [3.8, 4) is 6.07 Å². The third-order valence-corrected chi connectivity index (χ3v) is 4.66. The zero-order valence-electron chi connectivity index (χ0n) is 12.5. The number of nitrogens with one attached hydrogen (secondary N) is 1. The van der Waals surface area contributed by atoms with Crippen LogP contribution in [0.2, 0.25) is 5.15 Å². The molecule has 3 aromatic rings. The summed E-state index contributed by atoms with van der Waals surface area (Å²) >= 11 is 7.08. The van der Waals surface area contributed by atoms with E-state index in [-0.39, 0.29) is 5.15 Å². The molecule has 1 N–H and O–H groups in total. The summed E-state index contributed by atoms with van der Waals surface area (Å²) in [5.41, 5.74) is 2.74. The van der Waals surface area contributed by atoms with Crippen LogP contribution >= 0.6 is 23.1 Å². The van der Waals surface area contributed by atoms with Gasteiger partial charge in [0.05, 0.1) is 0 Å². The molecule has 0 aliphatic heterocycles. The van der Waals surface area contributed by atoms with Gasteiger partial charge in [-0.3, -0.25) is 0 Å². The molecule has 0 amide bonds. The van der Waals surface area contributed by atoms with Gasteiger partial charge in [0.1, 0.15) is 22.5 Å². The molecule has 0 radical (unpaired) electrons. The first-order valence-electron chi connectivity index (χ1n) is 7.02. The van der Waals surface area contributed by atoms with E-state index < -0.39 is 0 Å². The quantitative estimate of drug-likeness (QED) is 0.764. The van der Waals surface area contributed by atoms with Crippen molar-refractivity contribution in [2.45, 2.75) is 20.0 Å². The van der Waals surface area contributed by atoms with E-state index in [9.17, 15) is 0 Å². The molecule has 0 saturated carbocycles. The van der Waals surface area contributed by atoms with Gasteiger partial charge < -0.3 is 9.88 Å². The average Bonchev–Trinajstić information content (AvgIpc) is 3.11. The molecular formula is C16H14ClN5S. The second-order valence-corrected chi connectivity index (χ2v) is 6.20. The summed E-state index contributed by atoms with van der Waals surface area (Å²) in [6, 6.07) is 10.4. The van der Waals surface area contributed by atoms with Crippen molar-refractivity contribution in [2.24, 2.45) is 0 Å². The van der Waals surface area contributed by atoms with E-state index in [1.54, 1.807) is 6.20 Å². The molecule has 0 atom stereocenters. The summed E-state index contributed by atoms with van der Waals surface area (Å²) in [6.45, 7) is 3.39. The zero-order valence-corrected chi connectivity index (χ0v) is 14.0. The van der Waals surface area contributed by atoms with Gasteiger partial charge in [0, 0.05) is 25.5 Å². The summed E-state index contributed by atoms with van der Waals surface area (Å²) < 4.78 is 6.09. The van der Waals surface area contributed by atoms with Gasteiger partial charge in [0.2, 0.25) is 0 Å². The standard InChI is InChI=1S/C16H14ClN5S/c1-11-19-5-6-22(11)10-13-4-2-3-12(7-13)9-20-16-14(8-18)15(17)21-23-16/h2-7,20H,9-10H2,1H3. The molecule has 0 aliphatic carbocycles. The fourth-order valence-electron chi connectivity index (χ4n) is 2.28. The van der Waals surface area contributed by atoms with Gasteiger partial charge in [0.15, 0.2) is 5.15 Å². The normalized spacial score (nSPS) is 10.5. The van der Waals surface area contributed by atoms with Crippen LogP contribution in [-0.2, 0) is 13.1 Å². The van der Waals surface area contributed by atoms with Crippen molar-refractivity contribution >= 4 is 28.1 Å². The highest BCUT2D eigenvalue weighted by Crippen LogP contribution is 2.27. The highest BCUT2D eigenvalue weighted by molar-refractivity contribution is 7.10. The molecular weight excluding hydrogens is 330 g/mol. The number of halogens is 1. The summed E-state index contributed by atoms with van der Waals surface area (Å²) in [7, 11) is 0. The van der Waals surface area contributed by atoms with Crippen LogP contribution in [-0.4, -0.2) is 13.9 Å². The minimum absolute atomic E-state index is 0.254. The number of nitriles is 1. The fourth-order valence-corrected chi connectivity index (χ4v) is 3.21. The highest BCUT2D eigenvalue weighted by atomic mass is 35.5. The van der Waals surface area contributed by atoms with Crippen LogP contribution in [0.1, 0.15) is 22.5 Å². The Hall–Kier alpha value is -2.36. The zero-order chi connectivity index (χ0) is 16.2. The third-order valence-electron chi connectivity index (χ3n) is 3.48. The molecule has 0 spiro atoms. The number of rotatable bonds is 5. The van der Waals surface area contributed by atoms with E-state index in [4.69, 9.17) is 16.9 Å². The Morgan fingerprint density at radius 1 is 1.39 bits per heavy atom. The lowest BCUT2D eigenvalue weighted by Crippen LogP contribution is -2.03. The van der Waals surface area contributed by atoms with E-state index >= 15 is 0 Å². The van der Waals surface area contributed by atoms with Gasteiger partial charge in [-0.1, -0.05) is 35.9 Å². The van der Waals surface area contributed by atoms with Crippen LogP contribution in [0.15, 0.2) is 36.7 Å². The Morgan fingerprint density at radius 2 is 2.22 bits per heavy atom. The largest absolute Gasteiger partial charge is 0.370 e. The summed E-state index contributed by atoms with van der Waals surface area (Å²) in [6.07, 6.45) is 3.77. The predicted molar refractivity (Wildman–Crippen MR) is 91.7 cm³/mol. The van der Waals surface area contributed by atoms with E-state index in [1.807, 2.05) is 25.3 Å². The van der Waals surface area contributed by atoms with E-state index in [0.29, 0.717) is 17.1 Å². The maximum absolute atomic E-state index is 9.08. The van der Waals surface area contributed by atoms with E-state index in [2.05, 4.69) is 37.4 Å². The molecule has 5 nitrogen and oxygen atoms in total. The topological polar surface area (TPSA) is 66.5 Å². The van der Waals surface area contributed by atoms with Crippen molar-refractivity contribution in [3.63, 3.8) is 0 Å². The molecule has 2 aromatic heterocycles. The van der Waals surface area contributed by atoms with Crippen LogP contribution in [0.4, 0.5) is 5.00 Å². The van der Waals surface area contributed by atoms with Crippen LogP contribution in [0, 0.1) is 18.3 Å². The first-order valence-corrected chi connectivity index (χ1v) is 8.17. The van der Waals surface area contributed by atoms with Gasteiger partial charge in [-0.25, -0.2) is 4.98 Å². The summed E-state index contributed by atoms with van der Waals surface area (Å²) in [5.74, 6) is 0.992. The van der Waals surface area contributed by atoms with Crippen molar-refractivity contribution in [2.75, 3.05) is 5.32 Å². The number of anilines is 1. The van der Waals surface area contributed by atoms with Crippen molar-refractivity contribution in [1.82, 2.24) is 13.9 Å². The molecule has 7 heteroatoms. The second-order valence-electron chi connectivity index (χ2n) is 5.07. The predicted octanol–water partition coefficient (Wildman–Crippen LogP) is 3.83. The Balaban J connectivity index is 1.70. The number of hydrogen-bond donors (Lipinski definition) is 1. The number of nitrogens with zero attached hydrogens (tertiary/aromatic N) is 4. The summed E-state index contributed by atoms with van der Waals surface area (Å²) in [4.78, 5) is 4.23. The lowest BCUT2D eigenvalue weighted by molar-refractivity contribution is 0.760. The molecule has 0 bridgehead atoms. The first kappa shape index (κ1) is 15.5. The Labute approximate surface area is 143 Å². The Bertz CT molecular complexity index is 861. The molecule has 0 aliphatic rings. The number of hydrogen-bond acceptors (Lipinski definition) is 5. The van der Waals surface area contributed by atoms with E-state index in [0.717, 1.165) is 17.9 Å². The maximum atomic E-state index is 9.08. The number of benzene rings is 1. The lowest BCUT2D eigenvalue weighted by atomic mass is 10.1. The molecule has 0 fully saturated rings. The molecule has 0 saturated heterocycles. The molecule has 2 heterocycles. The van der Waals surface area contributed by atoms with Crippen LogP contribution in [0.25, 0.3) is 0 Å². The SMILES string of the molecule is Cc1nccn1Cc1cccc(CNc2snc(Cl)c2C#N)c1. The van der Waals surface area contributed by atoms with Gasteiger partial charge >= 0.3 is 0 Å². The second kappa shape index (κ2) is 6.82. The van der Waals surface area contributed by atoms with E-state index in [1.165, 1.54) is 17.1 Å². The van der Waals surface area contributed by atoms with Gasteiger partial charge in [-0.2, -0.15) is 9.64 Å². The smallest absolute Gasteiger partial charge is 0.162 e. The van der Waals surface area contributed by atoms with Crippen molar-refractivity contribution in [1.29, 1.82) is 5.26 Å². The maximum Gasteiger partial charge on any atom is 0.162 e. The highest BCUT2D eigenvalue weighted by Gasteiger charge is 2.11. The fraction of sp³-hybridized carbons (Fsp3) is 0.188. The van der Waals surface area contributed by atoms with Crippen LogP contribution in [0.5, 0.6) is 0 Å². The van der Waals surface area contributed by atoms with Gasteiger partial charge in [-0.05, 0) is 29.6 Å².